The van der Waals surface area contributed by atoms with Crippen molar-refractivity contribution in [2.75, 3.05) is 0 Å². The van der Waals surface area contributed by atoms with Crippen LogP contribution in [0.5, 0.6) is 0 Å². The molecule has 1 unspecified atom stereocenters. The second-order valence-corrected chi connectivity index (χ2v) is 4.69. The quantitative estimate of drug-likeness (QED) is 0.685. The molecule has 0 amide bonds. The first-order valence-electron chi connectivity index (χ1n) is 6.91. The Bertz CT molecular complexity index is 717. The molecule has 0 spiro atoms. The van der Waals surface area contributed by atoms with Crippen molar-refractivity contribution < 1.29 is 0 Å². The molecule has 3 rings (SSSR count). The lowest BCUT2D eigenvalue weighted by Gasteiger charge is -2.15. The monoisotopic (exact) mass is 276 g/mol. The Labute approximate surface area is 123 Å². The number of aromatic nitrogens is 4. The SMILES string of the molecule is CC=CC(c1ccccc1)n1nnnc1-c1ccccc1. The number of hydrogen-bond donors (Lipinski definition) is 0. The summed E-state index contributed by atoms with van der Waals surface area (Å²) in [4.78, 5) is 0. The number of tetrazole rings is 1. The minimum atomic E-state index is -0.0126. The number of rotatable bonds is 4. The Hall–Kier alpha value is -2.75. The minimum Gasteiger partial charge on any atom is -0.214 e. The van der Waals surface area contributed by atoms with Crippen molar-refractivity contribution >= 4 is 0 Å². The Morgan fingerprint density at radius 1 is 0.952 bits per heavy atom. The third kappa shape index (κ3) is 2.74. The zero-order valence-electron chi connectivity index (χ0n) is 11.8. The number of hydrogen-bond acceptors (Lipinski definition) is 3. The highest BCUT2D eigenvalue weighted by Crippen LogP contribution is 2.24. The molecule has 2 aromatic carbocycles. The Morgan fingerprint density at radius 3 is 2.29 bits per heavy atom. The highest BCUT2D eigenvalue weighted by Gasteiger charge is 2.17. The summed E-state index contributed by atoms with van der Waals surface area (Å²) in [6, 6.07) is 20.2. The van der Waals surface area contributed by atoms with E-state index in [9.17, 15) is 0 Å². The smallest absolute Gasteiger partial charge is 0.182 e. The largest absolute Gasteiger partial charge is 0.214 e. The molecule has 0 fully saturated rings. The van der Waals surface area contributed by atoms with Gasteiger partial charge in [-0.3, -0.25) is 0 Å². The third-order valence-corrected chi connectivity index (χ3v) is 3.30. The van der Waals surface area contributed by atoms with Gasteiger partial charge in [-0.2, -0.15) is 0 Å². The summed E-state index contributed by atoms with van der Waals surface area (Å²) in [6.45, 7) is 2.00. The van der Waals surface area contributed by atoms with Gasteiger partial charge in [-0.15, -0.1) is 5.10 Å². The summed E-state index contributed by atoms with van der Waals surface area (Å²) in [5.74, 6) is 0.766. The van der Waals surface area contributed by atoms with Crippen LogP contribution < -0.4 is 0 Å². The molecule has 0 saturated heterocycles. The molecule has 0 aliphatic rings. The molecule has 4 heteroatoms. The standard InChI is InChI=1S/C17H16N4/c1-2-9-16(14-10-5-3-6-11-14)21-17(18-19-20-21)15-12-7-4-8-13-15/h2-13,16H,1H3. The van der Waals surface area contributed by atoms with Gasteiger partial charge in [-0.05, 0) is 22.9 Å². The first kappa shape index (κ1) is 13.2. The molecule has 1 heterocycles. The van der Waals surface area contributed by atoms with E-state index < -0.39 is 0 Å². The second-order valence-electron chi connectivity index (χ2n) is 4.69. The number of benzene rings is 2. The van der Waals surface area contributed by atoms with Crippen LogP contribution in [-0.2, 0) is 0 Å². The maximum atomic E-state index is 4.19. The summed E-state index contributed by atoms with van der Waals surface area (Å²) in [6.07, 6.45) is 4.12. The fourth-order valence-corrected chi connectivity index (χ4v) is 2.32. The van der Waals surface area contributed by atoms with Crippen molar-refractivity contribution in [3.8, 4) is 11.4 Å². The fraction of sp³-hybridized carbons (Fsp3) is 0.118. The molecule has 0 N–H and O–H groups in total. The summed E-state index contributed by atoms with van der Waals surface area (Å²) in [7, 11) is 0. The van der Waals surface area contributed by atoms with Crippen molar-refractivity contribution in [1.82, 2.24) is 20.2 Å². The molecular formula is C17H16N4. The van der Waals surface area contributed by atoms with Gasteiger partial charge in [-0.25, -0.2) is 4.68 Å². The van der Waals surface area contributed by atoms with Crippen LogP contribution in [0.3, 0.4) is 0 Å². The molecule has 0 aliphatic carbocycles. The van der Waals surface area contributed by atoms with E-state index in [0.29, 0.717) is 0 Å². The third-order valence-electron chi connectivity index (χ3n) is 3.30. The van der Waals surface area contributed by atoms with Crippen LogP contribution in [0.15, 0.2) is 72.8 Å². The van der Waals surface area contributed by atoms with Crippen molar-refractivity contribution in [3.05, 3.63) is 78.4 Å². The van der Waals surface area contributed by atoms with Gasteiger partial charge in [0.1, 0.15) is 0 Å². The molecule has 3 aromatic rings. The predicted molar refractivity (Wildman–Crippen MR) is 82.6 cm³/mol. The lowest BCUT2D eigenvalue weighted by molar-refractivity contribution is 0.589. The maximum absolute atomic E-state index is 4.19. The van der Waals surface area contributed by atoms with E-state index in [1.807, 2.05) is 66.2 Å². The van der Waals surface area contributed by atoms with E-state index in [1.54, 1.807) is 0 Å². The zero-order valence-corrected chi connectivity index (χ0v) is 11.8. The van der Waals surface area contributed by atoms with Gasteiger partial charge in [0.05, 0.1) is 6.04 Å². The zero-order chi connectivity index (χ0) is 14.5. The Morgan fingerprint density at radius 2 is 1.62 bits per heavy atom. The second kappa shape index (κ2) is 6.13. The topological polar surface area (TPSA) is 43.6 Å². The van der Waals surface area contributed by atoms with Gasteiger partial charge < -0.3 is 0 Å². The van der Waals surface area contributed by atoms with Crippen LogP contribution in [0.25, 0.3) is 11.4 Å². The van der Waals surface area contributed by atoms with Crippen LogP contribution in [0.4, 0.5) is 0 Å². The van der Waals surface area contributed by atoms with Crippen LogP contribution in [0.1, 0.15) is 18.5 Å². The molecule has 1 aromatic heterocycles. The van der Waals surface area contributed by atoms with Crippen LogP contribution >= 0.6 is 0 Å². The highest BCUT2D eigenvalue weighted by atomic mass is 15.5. The van der Waals surface area contributed by atoms with Crippen LogP contribution in [0, 0.1) is 0 Å². The Balaban J connectivity index is 2.08. The number of nitrogens with zero attached hydrogens (tertiary/aromatic N) is 4. The molecule has 1 atom stereocenters. The minimum absolute atomic E-state index is 0.0126. The molecule has 104 valence electrons. The summed E-state index contributed by atoms with van der Waals surface area (Å²) in [5.41, 5.74) is 2.16. The molecule has 4 nitrogen and oxygen atoms in total. The van der Waals surface area contributed by atoms with Gasteiger partial charge in [0.15, 0.2) is 5.82 Å². The van der Waals surface area contributed by atoms with Gasteiger partial charge >= 0.3 is 0 Å². The lowest BCUT2D eigenvalue weighted by atomic mass is 10.1. The molecule has 0 radical (unpaired) electrons. The van der Waals surface area contributed by atoms with Gasteiger partial charge in [0.25, 0.3) is 0 Å². The van der Waals surface area contributed by atoms with Crippen molar-refractivity contribution in [1.29, 1.82) is 0 Å². The van der Waals surface area contributed by atoms with Gasteiger partial charge in [0.2, 0.25) is 0 Å². The average Bonchev–Trinajstić information content (AvgIpc) is 3.03. The van der Waals surface area contributed by atoms with E-state index in [0.717, 1.165) is 17.0 Å². The number of allylic oxidation sites excluding steroid dienone is 2. The average molecular weight is 276 g/mol. The summed E-state index contributed by atoms with van der Waals surface area (Å²) < 4.78 is 1.85. The molecule has 21 heavy (non-hydrogen) atoms. The first-order valence-corrected chi connectivity index (χ1v) is 6.91. The molecular weight excluding hydrogens is 260 g/mol. The van der Waals surface area contributed by atoms with Gasteiger partial charge in [0, 0.05) is 5.56 Å². The molecule has 0 aliphatic heterocycles. The van der Waals surface area contributed by atoms with Crippen molar-refractivity contribution in [3.63, 3.8) is 0 Å². The molecule has 0 saturated carbocycles. The Kier molecular flexibility index (Phi) is 3.87. The van der Waals surface area contributed by atoms with Gasteiger partial charge in [-0.1, -0.05) is 72.8 Å². The molecule has 0 bridgehead atoms. The van der Waals surface area contributed by atoms with E-state index in [2.05, 4.69) is 33.7 Å². The van der Waals surface area contributed by atoms with E-state index in [-0.39, 0.29) is 6.04 Å². The summed E-state index contributed by atoms with van der Waals surface area (Å²) in [5, 5.41) is 12.2. The fourth-order valence-electron chi connectivity index (χ4n) is 2.32. The van der Waals surface area contributed by atoms with Crippen LogP contribution in [-0.4, -0.2) is 20.2 Å². The van der Waals surface area contributed by atoms with Crippen molar-refractivity contribution in [2.45, 2.75) is 13.0 Å². The normalized spacial score (nSPS) is 12.6. The highest BCUT2D eigenvalue weighted by molar-refractivity contribution is 5.54. The van der Waals surface area contributed by atoms with E-state index in [1.165, 1.54) is 0 Å². The maximum Gasteiger partial charge on any atom is 0.182 e. The van der Waals surface area contributed by atoms with Crippen LogP contribution in [0.2, 0.25) is 0 Å². The predicted octanol–water partition coefficient (Wildman–Crippen LogP) is 3.51. The lowest BCUT2D eigenvalue weighted by Crippen LogP contribution is -2.11. The van der Waals surface area contributed by atoms with E-state index >= 15 is 0 Å². The van der Waals surface area contributed by atoms with E-state index in [4.69, 9.17) is 0 Å². The van der Waals surface area contributed by atoms with Crippen molar-refractivity contribution in [2.24, 2.45) is 0 Å². The summed E-state index contributed by atoms with van der Waals surface area (Å²) >= 11 is 0. The first-order chi connectivity index (χ1) is 10.4.